The van der Waals surface area contributed by atoms with E-state index in [4.69, 9.17) is 12.2 Å². The fourth-order valence-corrected chi connectivity index (χ4v) is 2.50. The average molecular weight is 309 g/mol. The molecule has 0 aliphatic rings. The standard InChI is InChI=1S/C11H9BrN4S/c1-15-5-4-10(14-15)16-9-3-2-7(12)6-8(9)13-11(16)17/h2-6H,1H3,(H,13,17). The largest absolute Gasteiger partial charge is 0.330 e. The van der Waals surface area contributed by atoms with E-state index in [0.29, 0.717) is 4.77 Å². The van der Waals surface area contributed by atoms with Gasteiger partial charge in [-0.3, -0.25) is 9.25 Å². The van der Waals surface area contributed by atoms with Crippen molar-refractivity contribution < 1.29 is 0 Å². The lowest BCUT2D eigenvalue weighted by Gasteiger charge is -1.99. The SMILES string of the molecule is Cn1ccc(-n2c(=S)[nH]c3cc(Br)ccc32)n1. The van der Waals surface area contributed by atoms with Crippen molar-refractivity contribution in [1.82, 2.24) is 19.3 Å². The maximum atomic E-state index is 5.33. The van der Waals surface area contributed by atoms with Crippen molar-refractivity contribution in [2.24, 2.45) is 7.05 Å². The smallest absolute Gasteiger partial charge is 0.184 e. The Morgan fingerprint density at radius 2 is 2.18 bits per heavy atom. The number of aromatic nitrogens is 4. The van der Waals surface area contributed by atoms with Crippen molar-refractivity contribution in [1.29, 1.82) is 0 Å². The van der Waals surface area contributed by atoms with Crippen LogP contribution in [0.5, 0.6) is 0 Å². The third-order valence-corrected chi connectivity index (χ3v) is 3.35. The van der Waals surface area contributed by atoms with Crippen LogP contribution in [0.2, 0.25) is 0 Å². The van der Waals surface area contributed by atoms with Crippen LogP contribution in [-0.4, -0.2) is 19.3 Å². The van der Waals surface area contributed by atoms with Gasteiger partial charge in [-0.05, 0) is 30.4 Å². The topological polar surface area (TPSA) is 38.5 Å². The first-order valence-corrected chi connectivity index (χ1v) is 6.25. The lowest BCUT2D eigenvalue weighted by molar-refractivity contribution is 0.752. The summed E-state index contributed by atoms with van der Waals surface area (Å²) in [5.74, 6) is 0.825. The quantitative estimate of drug-likeness (QED) is 0.701. The highest BCUT2D eigenvalue weighted by molar-refractivity contribution is 9.10. The molecule has 6 heteroatoms. The Bertz CT molecular complexity index is 752. The van der Waals surface area contributed by atoms with Gasteiger partial charge in [0.25, 0.3) is 0 Å². The minimum Gasteiger partial charge on any atom is -0.330 e. The van der Waals surface area contributed by atoms with Crippen LogP contribution >= 0.6 is 28.1 Å². The van der Waals surface area contributed by atoms with E-state index in [1.54, 1.807) is 4.68 Å². The summed E-state index contributed by atoms with van der Waals surface area (Å²) >= 11 is 8.77. The maximum Gasteiger partial charge on any atom is 0.184 e. The second-order valence-electron chi connectivity index (χ2n) is 3.77. The molecule has 0 unspecified atom stereocenters. The summed E-state index contributed by atoms with van der Waals surface area (Å²) in [6.45, 7) is 0. The summed E-state index contributed by atoms with van der Waals surface area (Å²) in [5, 5.41) is 4.37. The number of hydrogen-bond acceptors (Lipinski definition) is 2. The minimum atomic E-state index is 0.650. The van der Waals surface area contributed by atoms with Crippen molar-refractivity contribution in [2.75, 3.05) is 0 Å². The van der Waals surface area contributed by atoms with Gasteiger partial charge in [0, 0.05) is 23.8 Å². The summed E-state index contributed by atoms with van der Waals surface area (Å²) < 4.78 is 5.36. The van der Waals surface area contributed by atoms with Crippen molar-refractivity contribution in [2.45, 2.75) is 0 Å². The number of H-pyrrole nitrogens is 1. The maximum absolute atomic E-state index is 5.33. The van der Waals surface area contributed by atoms with Gasteiger partial charge in [-0.2, -0.15) is 5.10 Å². The Kier molecular flexibility index (Phi) is 2.41. The molecule has 4 nitrogen and oxygen atoms in total. The molecule has 17 heavy (non-hydrogen) atoms. The van der Waals surface area contributed by atoms with E-state index in [-0.39, 0.29) is 0 Å². The molecule has 1 N–H and O–H groups in total. The Hall–Kier alpha value is -1.40. The van der Waals surface area contributed by atoms with Gasteiger partial charge in [0.05, 0.1) is 11.0 Å². The molecule has 0 saturated heterocycles. The van der Waals surface area contributed by atoms with Gasteiger partial charge in [0.1, 0.15) is 0 Å². The molecule has 1 aromatic carbocycles. The molecule has 0 atom stereocenters. The molecule has 0 amide bonds. The van der Waals surface area contributed by atoms with E-state index >= 15 is 0 Å². The second kappa shape index (κ2) is 3.82. The molecule has 0 aliphatic carbocycles. The summed E-state index contributed by atoms with van der Waals surface area (Å²) in [6.07, 6.45) is 1.90. The van der Waals surface area contributed by atoms with E-state index in [1.807, 2.05) is 42.1 Å². The number of rotatable bonds is 1. The number of imidazole rings is 1. The van der Waals surface area contributed by atoms with E-state index in [1.165, 1.54) is 0 Å². The first-order chi connectivity index (χ1) is 8.15. The highest BCUT2D eigenvalue weighted by Gasteiger charge is 2.08. The van der Waals surface area contributed by atoms with Crippen LogP contribution in [0.3, 0.4) is 0 Å². The lowest BCUT2D eigenvalue weighted by Crippen LogP contribution is -1.96. The molecule has 0 radical (unpaired) electrons. The van der Waals surface area contributed by atoms with Crippen LogP contribution in [0.1, 0.15) is 0 Å². The first-order valence-electron chi connectivity index (χ1n) is 5.05. The summed E-state index contributed by atoms with van der Waals surface area (Å²) in [7, 11) is 1.89. The molecule has 0 aliphatic heterocycles. The van der Waals surface area contributed by atoms with E-state index < -0.39 is 0 Å². The third-order valence-electron chi connectivity index (χ3n) is 2.57. The fraction of sp³-hybridized carbons (Fsp3) is 0.0909. The molecule has 0 bridgehead atoms. The van der Waals surface area contributed by atoms with Gasteiger partial charge in [0.15, 0.2) is 10.6 Å². The number of halogens is 1. The Labute approximate surface area is 111 Å². The van der Waals surface area contributed by atoms with Crippen molar-refractivity contribution >= 4 is 39.2 Å². The number of benzene rings is 1. The molecule has 0 spiro atoms. The van der Waals surface area contributed by atoms with Gasteiger partial charge in [-0.25, -0.2) is 0 Å². The number of fused-ring (bicyclic) bond motifs is 1. The normalized spacial score (nSPS) is 11.2. The molecule has 0 saturated carbocycles. The summed E-state index contributed by atoms with van der Waals surface area (Å²) in [4.78, 5) is 3.17. The van der Waals surface area contributed by atoms with Crippen LogP contribution in [0.15, 0.2) is 34.9 Å². The molecule has 2 aromatic heterocycles. The van der Waals surface area contributed by atoms with Crippen molar-refractivity contribution in [3.8, 4) is 5.82 Å². The molecule has 3 rings (SSSR count). The van der Waals surface area contributed by atoms with Gasteiger partial charge in [0.2, 0.25) is 0 Å². The molecular weight excluding hydrogens is 300 g/mol. The van der Waals surface area contributed by atoms with Gasteiger partial charge in [-0.15, -0.1) is 0 Å². The number of nitrogens with zero attached hydrogens (tertiary/aromatic N) is 3. The highest BCUT2D eigenvalue weighted by Crippen LogP contribution is 2.21. The number of aryl methyl sites for hydroxylation is 1. The van der Waals surface area contributed by atoms with Crippen LogP contribution in [0.25, 0.3) is 16.9 Å². The van der Waals surface area contributed by atoms with Crippen LogP contribution in [-0.2, 0) is 7.05 Å². The first kappa shape index (κ1) is 10.7. The zero-order chi connectivity index (χ0) is 12.0. The number of nitrogens with one attached hydrogen (secondary N) is 1. The fourth-order valence-electron chi connectivity index (χ4n) is 1.83. The van der Waals surface area contributed by atoms with Crippen LogP contribution in [0, 0.1) is 4.77 Å². The number of hydrogen-bond donors (Lipinski definition) is 1. The predicted molar refractivity (Wildman–Crippen MR) is 72.9 cm³/mol. The average Bonchev–Trinajstić information content (AvgIpc) is 2.80. The van der Waals surface area contributed by atoms with Crippen LogP contribution < -0.4 is 0 Å². The Morgan fingerprint density at radius 3 is 2.88 bits per heavy atom. The van der Waals surface area contributed by atoms with Gasteiger partial charge in [-0.1, -0.05) is 15.9 Å². The molecule has 0 fully saturated rings. The van der Waals surface area contributed by atoms with E-state index in [0.717, 1.165) is 21.3 Å². The van der Waals surface area contributed by atoms with Crippen molar-refractivity contribution in [3.63, 3.8) is 0 Å². The predicted octanol–water partition coefficient (Wildman–Crippen LogP) is 3.18. The third kappa shape index (κ3) is 1.73. The lowest BCUT2D eigenvalue weighted by atomic mass is 10.3. The zero-order valence-corrected chi connectivity index (χ0v) is 11.4. The molecule has 86 valence electrons. The second-order valence-corrected chi connectivity index (χ2v) is 5.08. The van der Waals surface area contributed by atoms with Gasteiger partial charge < -0.3 is 4.98 Å². The molecular formula is C11H9BrN4S. The van der Waals surface area contributed by atoms with E-state index in [2.05, 4.69) is 26.0 Å². The molecule has 2 heterocycles. The zero-order valence-electron chi connectivity index (χ0n) is 9.01. The van der Waals surface area contributed by atoms with Gasteiger partial charge >= 0.3 is 0 Å². The van der Waals surface area contributed by atoms with Crippen molar-refractivity contribution in [3.05, 3.63) is 39.7 Å². The number of aromatic amines is 1. The summed E-state index contributed by atoms with van der Waals surface area (Å²) in [6, 6.07) is 7.94. The minimum absolute atomic E-state index is 0.650. The summed E-state index contributed by atoms with van der Waals surface area (Å²) in [5.41, 5.74) is 2.02. The highest BCUT2D eigenvalue weighted by atomic mass is 79.9. The van der Waals surface area contributed by atoms with E-state index in [9.17, 15) is 0 Å². The van der Waals surface area contributed by atoms with Crippen LogP contribution in [0.4, 0.5) is 0 Å². The molecule has 3 aromatic rings. The monoisotopic (exact) mass is 308 g/mol. The Balaban J connectivity index is 2.36. The Morgan fingerprint density at radius 1 is 1.35 bits per heavy atom.